The van der Waals surface area contributed by atoms with E-state index in [2.05, 4.69) is 4.98 Å². The van der Waals surface area contributed by atoms with E-state index < -0.39 is 17.5 Å². The summed E-state index contributed by atoms with van der Waals surface area (Å²) >= 11 is 0. The zero-order valence-corrected chi connectivity index (χ0v) is 15.8. The fourth-order valence-corrected chi connectivity index (χ4v) is 2.76. The minimum Gasteiger partial charge on any atom is -0.493 e. The Hall–Kier alpha value is -3.49. The van der Waals surface area contributed by atoms with Gasteiger partial charge in [0.2, 0.25) is 11.5 Å². The van der Waals surface area contributed by atoms with Gasteiger partial charge in [-0.2, -0.15) is 13.2 Å². The summed E-state index contributed by atoms with van der Waals surface area (Å²) < 4.78 is 55.3. The molecule has 0 bridgehead atoms. The third-order valence-electron chi connectivity index (χ3n) is 4.23. The maximum Gasteiger partial charge on any atom is 0.416 e. The van der Waals surface area contributed by atoms with Crippen molar-refractivity contribution in [2.45, 2.75) is 6.18 Å². The normalized spacial score (nSPS) is 11.2. The Morgan fingerprint density at radius 3 is 2.03 bits per heavy atom. The number of nitrogens with zero attached hydrogens (tertiary/aromatic N) is 2. The minimum absolute atomic E-state index is 0.110. The van der Waals surface area contributed by atoms with E-state index in [1.165, 1.54) is 62.7 Å². The van der Waals surface area contributed by atoms with Gasteiger partial charge < -0.3 is 18.8 Å². The summed E-state index contributed by atoms with van der Waals surface area (Å²) in [6.07, 6.45) is -1.62. The van der Waals surface area contributed by atoms with Crippen LogP contribution in [0, 0.1) is 0 Å². The highest BCUT2D eigenvalue weighted by atomic mass is 19.4. The molecule has 0 saturated carbocycles. The summed E-state index contributed by atoms with van der Waals surface area (Å²) in [4.78, 5) is 16.9. The second-order valence-electron chi connectivity index (χ2n) is 5.95. The van der Waals surface area contributed by atoms with E-state index >= 15 is 0 Å². The summed E-state index contributed by atoms with van der Waals surface area (Å²) in [6.45, 7) is 0. The topological polar surface area (TPSA) is 62.6 Å². The van der Waals surface area contributed by atoms with Crippen LogP contribution in [0.3, 0.4) is 0 Å². The number of halogens is 3. The fraction of sp³-hybridized carbons (Fsp3) is 0.200. The lowest BCUT2D eigenvalue weighted by molar-refractivity contribution is -0.137. The molecule has 1 heterocycles. The number of ketones is 1. The van der Waals surface area contributed by atoms with E-state index in [9.17, 15) is 18.0 Å². The summed E-state index contributed by atoms with van der Waals surface area (Å²) in [7, 11) is 4.32. The molecule has 0 atom stereocenters. The highest BCUT2D eigenvalue weighted by molar-refractivity contribution is 6.08. The number of imidazole rings is 1. The van der Waals surface area contributed by atoms with Crippen LogP contribution in [0.1, 0.15) is 21.6 Å². The number of carbonyl (C=O) groups excluding carboxylic acids is 1. The fourth-order valence-electron chi connectivity index (χ4n) is 2.76. The van der Waals surface area contributed by atoms with E-state index in [0.29, 0.717) is 22.9 Å². The predicted octanol–water partition coefficient (Wildman–Crippen LogP) is 4.15. The second kappa shape index (κ2) is 7.86. The molecule has 0 aliphatic heterocycles. The SMILES string of the molecule is COc1cc(C(=O)c2cn(-c3ccc(C(F)(F)F)cc3)cn2)cc(OC)c1OC. The summed E-state index contributed by atoms with van der Waals surface area (Å²) in [5.74, 6) is 0.575. The molecule has 0 aliphatic carbocycles. The molecule has 3 rings (SSSR count). The number of carbonyl (C=O) groups is 1. The number of alkyl halides is 3. The lowest BCUT2D eigenvalue weighted by Crippen LogP contribution is -2.05. The van der Waals surface area contributed by atoms with Crippen molar-refractivity contribution in [1.29, 1.82) is 0 Å². The van der Waals surface area contributed by atoms with E-state index in [0.717, 1.165) is 12.1 Å². The van der Waals surface area contributed by atoms with Crippen molar-refractivity contribution >= 4 is 5.78 Å². The van der Waals surface area contributed by atoms with Crippen LogP contribution in [-0.2, 0) is 6.18 Å². The predicted molar refractivity (Wildman–Crippen MR) is 98.1 cm³/mol. The quantitative estimate of drug-likeness (QED) is 0.576. The van der Waals surface area contributed by atoms with Gasteiger partial charge in [0, 0.05) is 17.4 Å². The molecule has 0 radical (unpaired) electrons. The number of aromatic nitrogens is 2. The Morgan fingerprint density at radius 2 is 1.55 bits per heavy atom. The van der Waals surface area contributed by atoms with E-state index in [1.54, 1.807) is 0 Å². The Bertz CT molecular complexity index is 1000. The Labute approximate surface area is 164 Å². The molecule has 0 unspecified atom stereocenters. The lowest BCUT2D eigenvalue weighted by atomic mass is 10.1. The zero-order chi connectivity index (χ0) is 21.2. The van der Waals surface area contributed by atoms with Crippen LogP contribution in [0.4, 0.5) is 13.2 Å². The first-order valence-corrected chi connectivity index (χ1v) is 8.34. The standard InChI is InChI=1S/C20H17F3N2O4/c1-27-16-8-12(9-17(28-2)19(16)29-3)18(26)15-10-25(11-24-15)14-6-4-13(5-7-14)20(21,22)23/h4-11H,1-3H3. The minimum atomic E-state index is -4.42. The van der Waals surface area contributed by atoms with Crippen molar-refractivity contribution in [1.82, 2.24) is 9.55 Å². The monoisotopic (exact) mass is 406 g/mol. The number of hydrogen-bond acceptors (Lipinski definition) is 5. The van der Waals surface area contributed by atoms with Crippen molar-refractivity contribution in [2.24, 2.45) is 0 Å². The third kappa shape index (κ3) is 4.03. The Kier molecular flexibility index (Phi) is 5.49. The van der Waals surface area contributed by atoms with Crippen molar-refractivity contribution in [3.63, 3.8) is 0 Å². The molecule has 9 heteroatoms. The van der Waals surface area contributed by atoms with Gasteiger partial charge in [0.1, 0.15) is 12.0 Å². The van der Waals surface area contributed by atoms with Gasteiger partial charge in [-0.05, 0) is 36.4 Å². The average molecular weight is 406 g/mol. The largest absolute Gasteiger partial charge is 0.493 e. The second-order valence-corrected chi connectivity index (χ2v) is 5.95. The van der Waals surface area contributed by atoms with Crippen molar-refractivity contribution in [2.75, 3.05) is 21.3 Å². The lowest BCUT2D eigenvalue weighted by Gasteiger charge is -2.13. The first kappa shape index (κ1) is 20.2. The molecular weight excluding hydrogens is 389 g/mol. The molecule has 0 spiro atoms. The molecule has 0 N–H and O–H groups in total. The number of rotatable bonds is 6. The molecule has 152 valence electrons. The van der Waals surface area contributed by atoms with Gasteiger partial charge in [0.05, 0.1) is 26.9 Å². The molecule has 0 amide bonds. The molecule has 3 aromatic rings. The number of hydrogen-bond donors (Lipinski definition) is 0. The third-order valence-corrected chi connectivity index (χ3v) is 4.23. The average Bonchev–Trinajstić information content (AvgIpc) is 3.21. The van der Waals surface area contributed by atoms with Gasteiger partial charge in [-0.3, -0.25) is 4.79 Å². The number of methoxy groups -OCH3 is 3. The summed E-state index contributed by atoms with van der Waals surface area (Å²) in [5.41, 5.74) is 0.0564. The molecule has 6 nitrogen and oxygen atoms in total. The molecular formula is C20H17F3N2O4. The van der Waals surface area contributed by atoms with Gasteiger partial charge in [0.15, 0.2) is 11.5 Å². The van der Waals surface area contributed by atoms with Gasteiger partial charge in [-0.25, -0.2) is 4.98 Å². The smallest absolute Gasteiger partial charge is 0.416 e. The van der Waals surface area contributed by atoms with Gasteiger partial charge >= 0.3 is 6.18 Å². The summed E-state index contributed by atoms with van der Waals surface area (Å²) in [5, 5.41) is 0. The van der Waals surface area contributed by atoms with E-state index in [4.69, 9.17) is 14.2 Å². The first-order chi connectivity index (χ1) is 13.8. The van der Waals surface area contributed by atoms with Gasteiger partial charge in [-0.15, -0.1) is 0 Å². The van der Waals surface area contributed by atoms with E-state index in [1.807, 2.05) is 0 Å². The Balaban J connectivity index is 1.92. The van der Waals surface area contributed by atoms with Crippen molar-refractivity contribution in [3.8, 4) is 22.9 Å². The maximum atomic E-state index is 12.8. The summed E-state index contributed by atoms with van der Waals surface area (Å²) in [6, 6.07) is 7.55. The van der Waals surface area contributed by atoms with Crippen LogP contribution in [0.15, 0.2) is 48.9 Å². The van der Waals surface area contributed by atoms with E-state index in [-0.39, 0.29) is 11.3 Å². The highest BCUT2D eigenvalue weighted by Gasteiger charge is 2.30. The number of ether oxygens (including phenoxy) is 3. The molecule has 0 saturated heterocycles. The zero-order valence-electron chi connectivity index (χ0n) is 15.8. The maximum absolute atomic E-state index is 12.8. The highest BCUT2D eigenvalue weighted by Crippen LogP contribution is 2.38. The van der Waals surface area contributed by atoms with Crippen LogP contribution in [0.5, 0.6) is 17.2 Å². The van der Waals surface area contributed by atoms with Crippen LogP contribution in [0.2, 0.25) is 0 Å². The van der Waals surface area contributed by atoms with Crippen LogP contribution >= 0.6 is 0 Å². The molecule has 2 aromatic carbocycles. The van der Waals surface area contributed by atoms with Crippen LogP contribution in [0.25, 0.3) is 5.69 Å². The van der Waals surface area contributed by atoms with Crippen molar-refractivity contribution < 1.29 is 32.2 Å². The van der Waals surface area contributed by atoms with Crippen LogP contribution in [-0.4, -0.2) is 36.7 Å². The first-order valence-electron chi connectivity index (χ1n) is 8.34. The molecule has 0 fully saturated rings. The van der Waals surface area contributed by atoms with Crippen LogP contribution < -0.4 is 14.2 Å². The molecule has 1 aromatic heterocycles. The van der Waals surface area contributed by atoms with Crippen molar-refractivity contribution in [3.05, 3.63) is 65.7 Å². The molecule has 0 aliphatic rings. The Morgan fingerprint density at radius 1 is 0.966 bits per heavy atom. The van der Waals surface area contributed by atoms with Gasteiger partial charge in [-0.1, -0.05) is 0 Å². The number of benzene rings is 2. The molecule has 29 heavy (non-hydrogen) atoms. The van der Waals surface area contributed by atoms with Gasteiger partial charge in [0.25, 0.3) is 0 Å².